The topological polar surface area (TPSA) is 95.9 Å². The highest BCUT2D eigenvalue weighted by atomic mass is 35.5. The Labute approximate surface area is 229 Å². The van der Waals surface area contributed by atoms with Crippen molar-refractivity contribution in [2.45, 2.75) is 39.2 Å². The lowest BCUT2D eigenvalue weighted by molar-refractivity contribution is -0.119. The predicted molar refractivity (Wildman–Crippen MR) is 150 cm³/mol. The van der Waals surface area contributed by atoms with Crippen molar-refractivity contribution < 1.29 is 4.79 Å². The third-order valence-corrected chi connectivity index (χ3v) is 6.90. The number of carbonyl (C=O) groups is 1. The van der Waals surface area contributed by atoms with E-state index < -0.39 is 0 Å². The van der Waals surface area contributed by atoms with Gasteiger partial charge in [0.15, 0.2) is 5.65 Å². The van der Waals surface area contributed by atoms with E-state index in [1.807, 2.05) is 64.0 Å². The molecule has 0 aliphatic heterocycles. The Bertz CT molecular complexity index is 1500. The monoisotopic (exact) mass is 560 g/mol. The van der Waals surface area contributed by atoms with Gasteiger partial charge in [0.2, 0.25) is 5.91 Å². The molecule has 8 nitrogen and oxygen atoms in total. The lowest BCUT2D eigenvalue weighted by atomic mass is 10.1. The van der Waals surface area contributed by atoms with Crippen molar-refractivity contribution in [1.29, 1.82) is 0 Å². The summed E-state index contributed by atoms with van der Waals surface area (Å²) in [5.41, 5.74) is 2.64. The number of halogens is 3. The highest BCUT2D eigenvalue weighted by Crippen LogP contribution is 2.34. The standard InChI is InChI=1S/C26H27Cl3N6O2/c1-13(2)22-21-24(35(33-22)23-18(28)11-16(27)12-19(23)29)31-20(32-26(21)37)10-15-6-8-17(9-7-15)30-25(36)14(3)34(4)5/h6-9,11-14H,10H2,1-5H3,(H,30,36)(H,31,32,37)/t14-/m0/s1. The van der Waals surface area contributed by atoms with Crippen LogP contribution in [0.2, 0.25) is 15.1 Å². The highest BCUT2D eigenvalue weighted by molar-refractivity contribution is 6.40. The second-order valence-electron chi connectivity index (χ2n) is 9.38. The van der Waals surface area contributed by atoms with Gasteiger partial charge in [0, 0.05) is 17.1 Å². The van der Waals surface area contributed by atoms with Gasteiger partial charge in [0.25, 0.3) is 5.56 Å². The van der Waals surface area contributed by atoms with Crippen molar-refractivity contribution in [2.24, 2.45) is 0 Å². The number of likely N-dealkylation sites (N-methyl/N-ethyl adjacent to an activating group) is 1. The Morgan fingerprint density at radius 2 is 1.70 bits per heavy atom. The summed E-state index contributed by atoms with van der Waals surface area (Å²) in [5, 5.41) is 8.93. The normalized spacial score (nSPS) is 12.5. The number of nitrogens with one attached hydrogen (secondary N) is 2. The van der Waals surface area contributed by atoms with Crippen LogP contribution in [0.25, 0.3) is 16.7 Å². The Hall–Kier alpha value is -2.91. The molecule has 0 saturated carbocycles. The molecule has 0 aliphatic carbocycles. The number of aromatic nitrogens is 4. The molecule has 1 amide bonds. The van der Waals surface area contributed by atoms with Crippen molar-refractivity contribution in [1.82, 2.24) is 24.6 Å². The predicted octanol–water partition coefficient (Wildman–Crippen LogP) is 5.67. The Morgan fingerprint density at radius 3 is 2.27 bits per heavy atom. The van der Waals surface area contributed by atoms with Gasteiger partial charge < -0.3 is 10.3 Å². The molecular formula is C26H27Cl3N6O2. The third-order valence-electron chi connectivity index (χ3n) is 6.10. The second-order valence-corrected chi connectivity index (χ2v) is 10.6. The SMILES string of the molecule is CC(C)c1nn(-c2c(Cl)cc(Cl)cc2Cl)c2nc(Cc3ccc(NC(=O)[C@H](C)N(C)C)cc3)[nH]c(=O)c12. The maximum absolute atomic E-state index is 13.2. The van der Waals surface area contributed by atoms with E-state index in [-0.39, 0.29) is 23.4 Å². The number of hydrogen-bond acceptors (Lipinski definition) is 5. The van der Waals surface area contributed by atoms with Gasteiger partial charge in [-0.1, -0.05) is 60.8 Å². The molecule has 194 valence electrons. The first-order valence-corrected chi connectivity index (χ1v) is 12.8. The molecule has 0 unspecified atom stereocenters. The average molecular weight is 562 g/mol. The molecule has 1 atom stereocenters. The molecule has 2 aromatic heterocycles. The summed E-state index contributed by atoms with van der Waals surface area (Å²) in [6, 6.07) is 10.3. The van der Waals surface area contributed by atoms with Gasteiger partial charge in [-0.15, -0.1) is 0 Å². The minimum absolute atomic E-state index is 0.0414. The molecule has 0 fully saturated rings. The van der Waals surface area contributed by atoms with E-state index in [4.69, 9.17) is 39.8 Å². The molecular weight excluding hydrogens is 535 g/mol. The number of amides is 1. The van der Waals surface area contributed by atoms with Gasteiger partial charge in [-0.2, -0.15) is 5.10 Å². The molecule has 0 bridgehead atoms. The van der Waals surface area contributed by atoms with Gasteiger partial charge in [0.1, 0.15) is 16.9 Å². The molecule has 37 heavy (non-hydrogen) atoms. The van der Waals surface area contributed by atoms with Gasteiger partial charge in [-0.25, -0.2) is 9.67 Å². The van der Waals surface area contributed by atoms with Crippen LogP contribution in [0.4, 0.5) is 5.69 Å². The summed E-state index contributed by atoms with van der Waals surface area (Å²) in [6.45, 7) is 5.73. The first-order valence-electron chi connectivity index (χ1n) is 11.7. The molecule has 2 aromatic carbocycles. The van der Waals surface area contributed by atoms with Crippen LogP contribution in [0.15, 0.2) is 41.2 Å². The van der Waals surface area contributed by atoms with Gasteiger partial charge >= 0.3 is 0 Å². The lowest BCUT2D eigenvalue weighted by Gasteiger charge is -2.19. The molecule has 11 heteroatoms. The third kappa shape index (κ3) is 5.67. The quantitative estimate of drug-likeness (QED) is 0.303. The fourth-order valence-corrected chi connectivity index (χ4v) is 4.83. The van der Waals surface area contributed by atoms with Gasteiger partial charge in [-0.3, -0.25) is 14.5 Å². The van der Waals surface area contributed by atoms with Crippen molar-refractivity contribution in [2.75, 3.05) is 19.4 Å². The minimum atomic E-state index is -0.294. The van der Waals surface area contributed by atoms with Crippen LogP contribution in [0.1, 0.15) is 43.8 Å². The number of fused-ring (bicyclic) bond motifs is 1. The minimum Gasteiger partial charge on any atom is -0.325 e. The number of carbonyl (C=O) groups excluding carboxylic acids is 1. The molecule has 0 saturated heterocycles. The molecule has 4 aromatic rings. The Kier molecular flexibility index (Phi) is 7.94. The van der Waals surface area contributed by atoms with Crippen molar-refractivity contribution >= 4 is 57.4 Å². The maximum atomic E-state index is 13.2. The number of benzene rings is 2. The van der Waals surface area contributed by atoms with Gasteiger partial charge in [0.05, 0.1) is 21.8 Å². The summed E-state index contributed by atoms with van der Waals surface area (Å²) >= 11 is 19.1. The molecule has 0 radical (unpaired) electrons. The number of rotatable bonds is 7. The van der Waals surface area contributed by atoms with Crippen LogP contribution >= 0.6 is 34.8 Å². The van der Waals surface area contributed by atoms with E-state index in [2.05, 4.69) is 15.4 Å². The van der Waals surface area contributed by atoms with Crippen LogP contribution in [-0.4, -0.2) is 50.7 Å². The number of nitrogens with zero attached hydrogens (tertiary/aromatic N) is 4. The Balaban J connectivity index is 1.71. The number of H-pyrrole nitrogens is 1. The first kappa shape index (κ1) is 27.1. The average Bonchev–Trinajstić information content (AvgIpc) is 3.19. The van der Waals surface area contributed by atoms with Crippen molar-refractivity contribution in [3.63, 3.8) is 0 Å². The number of hydrogen-bond donors (Lipinski definition) is 2. The van der Waals surface area contributed by atoms with E-state index >= 15 is 0 Å². The van der Waals surface area contributed by atoms with E-state index in [9.17, 15) is 9.59 Å². The molecule has 0 spiro atoms. The fourth-order valence-electron chi connectivity index (χ4n) is 3.86. The van der Waals surface area contributed by atoms with Crippen LogP contribution in [0.3, 0.4) is 0 Å². The van der Waals surface area contributed by atoms with Crippen LogP contribution < -0.4 is 10.9 Å². The summed E-state index contributed by atoms with van der Waals surface area (Å²) < 4.78 is 1.51. The Morgan fingerprint density at radius 1 is 1.08 bits per heavy atom. The lowest BCUT2D eigenvalue weighted by Crippen LogP contribution is -2.37. The zero-order valence-electron chi connectivity index (χ0n) is 21.1. The van der Waals surface area contributed by atoms with Crippen LogP contribution in [0.5, 0.6) is 0 Å². The largest absolute Gasteiger partial charge is 0.325 e. The number of anilines is 1. The summed E-state index contributed by atoms with van der Waals surface area (Å²) in [4.78, 5) is 35.0. The van der Waals surface area contributed by atoms with Crippen molar-refractivity contribution in [3.8, 4) is 5.69 Å². The summed E-state index contributed by atoms with van der Waals surface area (Å²) in [6.07, 6.45) is 0.359. The second kappa shape index (κ2) is 10.8. The molecule has 2 heterocycles. The zero-order chi connectivity index (χ0) is 27.0. The highest BCUT2D eigenvalue weighted by Gasteiger charge is 2.23. The fraction of sp³-hybridized carbons (Fsp3) is 0.308. The molecule has 2 N–H and O–H groups in total. The first-order chi connectivity index (χ1) is 17.5. The van der Waals surface area contributed by atoms with Crippen LogP contribution in [-0.2, 0) is 11.2 Å². The zero-order valence-corrected chi connectivity index (χ0v) is 23.3. The summed E-state index contributed by atoms with van der Waals surface area (Å²) in [5.74, 6) is 0.316. The molecule has 0 aliphatic rings. The van der Waals surface area contributed by atoms with E-state index in [0.29, 0.717) is 55.4 Å². The number of aromatic amines is 1. The van der Waals surface area contributed by atoms with Crippen molar-refractivity contribution in [3.05, 3.63) is 78.9 Å². The smallest absolute Gasteiger partial charge is 0.262 e. The maximum Gasteiger partial charge on any atom is 0.262 e. The summed E-state index contributed by atoms with van der Waals surface area (Å²) in [7, 11) is 3.70. The van der Waals surface area contributed by atoms with Gasteiger partial charge in [-0.05, 0) is 56.8 Å². The van der Waals surface area contributed by atoms with E-state index in [0.717, 1.165) is 5.56 Å². The molecule has 4 rings (SSSR count). The van der Waals surface area contributed by atoms with Crippen LogP contribution in [0, 0.1) is 0 Å². The van der Waals surface area contributed by atoms with E-state index in [1.165, 1.54) is 4.68 Å². The van der Waals surface area contributed by atoms with E-state index in [1.54, 1.807) is 12.1 Å².